The fourth-order valence-corrected chi connectivity index (χ4v) is 2.49. The molecule has 1 fully saturated rings. The van der Waals surface area contributed by atoms with Crippen LogP contribution in [0.4, 0.5) is 0 Å². The van der Waals surface area contributed by atoms with Gasteiger partial charge in [-0.25, -0.2) is 0 Å². The van der Waals surface area contributed by atoms with E-state index in [-0.39, 0.29) is 0 Å². The van der Waals surface area contributed by atoms with Crippen molar-refractivity contribution in [2.45, 2.75) is 46.0 Å². The van der Waals surface area contributed by atoms with Gasteiger partial charge in [0.25, 0.3) is 0 Å². The quantitative estimate of drug-likeness (QED) is 0.524. The lowest BCUT2D eigenvalue weighted by atomic mass is 9.78. The zero-order chi connectivity index (χ0) is 10.4. The van der Waals surface area contributed by atoms with Crippen LogP contribution in [0.5, 0.6) is 0 Å². The molecule has 1 N–H and O–H groups in total. The van der Waals surface area contributed by atoms with Gasteiger partial charge < -0.3 is 5.32 Å². The molecular weight excluding hydrogens is 170 g/mol. The standard InChI is InChI=1S/C13H25N/c1-4-6-14-10-13-8-11(3)7-12(5-2)9-13/h12-14H,3-10H2,1-2H3. The summed E-state index contributed by atoms with van der Waals surface area (Å²) < 4.78 is 0. The fourth-order valence-electron chi connectivity index (χ4n) is 2.49. The Balaban J connectivity index is 2.26. The molecular formula is C13H25N. The van der Waals surface area contributed by atoms with Gasteiger partial charge in [-0.05, 0) is 50.6 Å². The lowest BCUT2D eigenvalue weighted by molar-refractivity contribution is 0.302. The highest BCUT2D eigenvalue weighted by atomic mass is 14.8. The zero-order valence-electron chi connectivity index (χ0n) is 9.81. The summed E-state index contributed by atoms with van der Waals surface area (Å²) in [6, 6.07) is 0. The molecule has 1 nitrogen and oxygen atoms in total. The van der Waals surface area contributed by atoms with Crippen LogP contribution >= 0.6 is 0 Å². The third-order valence-electron chi connectivity index (χ3n) is 3.26. The Labute approximate surface area is 89.0 Å². The second kappa shape index (κ2) is 6.23. The zero-order valence-corrected chi connectivity index (χ0v) is 9.81. The molecule has 82 valence electrons. The minimum Gasteiger partial charge on any atom is -0.316 e. The Morgan fingerprint density at radius 3 is 2.64 bits per heavy atom. The van der Waals surface area contributed by atoms with E-state index >= 15 is 0 Å². The molecule has 1 rings (SSSR count). The van der Waals surface area contributed by atoms with Crippen LogP contribution in [-0.4, -0.2) is 13.1 Å². The van der Waals surface area contributed by atoms with E-state index in [1.807, 2.05) is 0 Å². The van der Waals surface area contributed by atoms with Gasteiger partial charge in [-0.15, -0.1) is 0 Å². The Hall–Kier alpha value is -0.300. The molecule has 0 aromatic heterocycles. The maximum atomic E-state index is 4.16. The molecule has 0 bridgehead atoms. The molecule has 0 spiro atoms. The second-order valence-electron chi connectivity index (χ2n) is 4.74. The molecule has 0 aliphatic heterocycles. The van der Waals surface area contributed by atoms with Crippen molar-refractivity contribution in [3.8, 4) is 0 Å². The molecule has 1 aliphatic rings. The van der Waals surface area contributed by atoms with Gasteiger partial charge >= 0.3 is 0 Å². The van der Waals surface area contributed by atoms with Crippen molar-refractivity contribution in [1.82, 2.24) is 5.32 Å². The van der Waals surface area contributed by atoms with Gasteiger partial charge in [-0.1, -0.05) is 32.4 Å². The summed E-state index contributed by atoms with van der Waals surface area (Å²) in [5.41, 5.74) is 1.48. The van der Waals surface area contributed by atoms with Crippen molar-refractivity contribution in [3.05, 3.63) is 12.2 Å². The minimum absolute atomic E-state index is 0.854. The summed E-state index contributed by atoms with van der Waals surface area (Å²) >= 11 is 0. The first-order valence-corrected chi connectivity index (χ1v) is 6.13. The van der Waals surface area contributed by atoms with Crippen molar-refractivity contribution in [1.29, 1.82) is 0 Å². The van der Waals surface area contributed by atoms with Gasteiger partial charge in [-0.2, -0.15) is 0 Å². The normalized spacial score (nSPS) is 28.0. The van der Waals surface area contributed by atoms with E-state index < -0.39 is 0 Å². The van der Waals surface area contributed by atoms with Crippen molar-refractivity contribution < 1.29 is 0 Å². The van der Waals surface area contributed by atoms with Crippen LogP contribution in [0.15, 0.2) is 12.2 Å². The lowest BCUT2D eigenvalue weighted by Crippen LogP contribution is -2.28. The monoisotopic (exact) mass is 195 g/mol. The van der Waals surface area contributed by atoms with Crippen LogP contribution < -0.4 is 5.32 Å². The van der Waals surface area contributed by atoms with E-state index in [4.69, 9.17) is 0 Å². The van der Waals surface area contributed by atoms with Crippen LogP contribution in [0.1, 0.15) is 46.0 Å². The van der Waals surface area contributed by atoms with Crippen molar-refractivity contribution in [2.75, 3.05) is 13.1 Å². The molecule has 2 atom stereocenters. The first kappa shape index (κ1) is 11.8. The molecule has 0 radical (unpaired) electrons. The molecule has 0 aromatic rings. The van der Waals surface area contributed by atoms with Crippen LogP contribution in [0.25, 0.3) is 0 Å². The first-order valence-electron chi connectivity index (χ1n) is 6.13. The van der Waals surface area contributed by atoms with Crippen molar-refractivity contribution in [3.63, 3.8) is 0 Å². The Bertz CT molecular complexity index is 174. The third-order valence-corrected chi connectivity index (χ3v) is 3.26. The SMILES string of the molecule is C=C1CC(CC)CC(CNCCC)C1. The van der Waals surface area contributed by atoms with E-state index in [0.717, 1.165) is 11.8 Å². The predicted octanol–water partition coefficient (Wildman–Crippen LogP) is 3.37. The van der Waals surface area contributed by atoms with Gasteiger partial charge in [0.05, 0.1) is 0 Å². The number of hydrogen-bond acceptors (Lipinski definition) is 1. The molecule has 1 saturated carbocycles. The number of hydrogen-bond donors (Lipinski definition) is 1. The van der Waals surface area contributed by atoms with Gasteiger partial charge in [0.2, 0.25) is 0 Å². The summed E-state index contributed by atoms with van der Waals surface area (Å²) in [5.74, 6) is 1.76. The Kier molecular flexibility index (Phi) is 5.24. The Morgan fingerprint density at radius 2 is 2.00 bits per heavy atom. The van der Waals surface area contributed by atoms with Crippen molar-refractivity contribution >= 4 is 0 Å². The smallest absolute Gasteiger partial charge is 0.00174 e. The molecule has 0 saturated heterocycles. The maximum Gasteiger partial charge on any atom is -0.00174 e. The summed E-state index contributed by atoms with van der Waals surface area (Å²) in [4.78, 5) is 0. The largest absolute Gasteiger partial charge is 0.316 e. The predicted molar refractivity (Wildman–Crippen MR) is 63.4 cm³/mol. The van der Waals surface area contributed by atoms with Crippen LogP contribution in [0.2, 0.25) is 0 Å². The molecule has 0 amide bonds. The van der Waals surface area contributed by atoms with E-state index in [2.05, 4.69) is 25.7 Å². The molecule has 0 aromatic carbocycles. The van der Waals surface area contributed by atoms with Crippen LogP contribution in [0.3, 0.4) is 0 Å². The maximum absolute atomic E-state index is 4.16. The van der Waals surface area contributed by atoms with E-state index in [1.54, 1.807) is 0 Å². The van der Waals surface area contributed by atoms with E-state index in [9.17, 15) is 0 Å². The number of nitrogens with one attached hydrogen (secondary N) is 1. The summed E-state index contributed by atoms with van der Waals surface area (Å²) in [7, 11) is 0. The topological polar surface area (TPSA) is 12.0 Å². The number of allylic oxidation sites excluding steroid dienone is 1. The second-order valence-corrected chi connectivity index (χ2v) is 4.74. The van der Waals surface area contributed by atoms with Gasteiger partial charge in [0.15, 0.2) is 0 Å². The third kappa shape index (κ3) is 3.83. The molecule has 14 heavy (non-hydrogen) atoms. The van der Waals surface area contributed by atoms with E-state index in [1.165, 1.54) is 50.8 Å². The fraction of sp³-hybridized carbons (Fsp3) is 0.846. The average molecular weight is 195 g/mol. The summed E-state index contributed by atoms with van der Waals surface area (Å²) in [6.07, 6.45) is 6.51. The molecule has 1 heteroatoms. The van der Waals surface area contributed by atoms with Crippen LogP contribution in [-0.2, 0) is 0 Å². The highest BCUT2D eigenvalue weighted by Crippen LogP contribution is 2.33. The minimum atomic E-state index is 0.854. The molecule has 1 aliphatic carbocycles. The van der Waals surface area contributed by atoms with Crippen molar-refractivity contribution in [2.24, 2.45) is 11.8 Å². The van der Waals surface area contributed by atoms with E-state index in [0.29, 0.717) is 0 Å². The molecule has 0 heterocycles. The Morgan fingerprint density at radius 1 is 1.29 bits per heavy atom. The number of rotatable bonds is 5. The van der Waals surface area contributed by atoms with Gasteiger partial charge in [-0.3, -0.25) is 0 Å². The lowest BCUT2D eigenvalue weighted by Gasteiger charge is -2.30. The molecule has 2 unspecified atom stereocenters. The van der Waals surface area contributed by atoms with Crippen LogP contribution in [0, 0.1) is 11.8 Å². The highest BCUT2D eigenvalue weighted by Gasteiger charge is 2.22. The average Bonchev–Trinajstić information content (AvgIpc) is 2.17. The van der Waals surface area contributed by atoms with Gasteiger partial charge in [0, 0.05) is 0 Å². The summed E-state index contributed by atoms with van der Waals surface area (Å²) in [5, 5.41) is 3.53. The highest BCUT2D eigenvalue weighted by molar-refractivity contribution is 5.02. The van der Waals surface area contributed by atoms with Gasteiger partial charge in [0.1, 0.15) is 0 Å². The summed E-state index contributed by atoms with van der Waals surface area (Å²) in [6.45, 7) is 11.1. The first-order chi connectivity index (χ1) is 6.76.